The SMILES string of the molecule is CC(C)(C)c1c2ccccc2c(-c2ccc3ccccc3c2)c2ccc(-c3cc(-c4ccccc4)cc(-c4ccccc4)c3)cc12.CC(C)(C)c1c2ccccc2c(-c2ccc3ccccc3c2)c2ccc(-c3ccc(-c4ccc5ccccc5c4)cc3)cc12.CC(C)(C)c1c2ccccc2c(-c2ccc3ccccc3c2)c2ccc(-c3cccc(-c4cccc5ccccc45)c3)cc12. The van der Waals surface area contributed by atoms with Crippen molar-refractivity contribution < 1.29 is 0 Å². The maximum atomic E-state index is 2.45. The number of hydrogen-bond acceptors (Lipinski definition) is 0. The molecule has 0 aliphatic rings. The highest BCUT2D eigenvalue weighted by molar-refractivity contribution is 6.20. The van der Waals surface area contributed by atoms with E-state index in [1.807, 2.05) is 0 Å². The summed E-state index contributed by atoms with van der Waals surface area (Å²) in [5, 5.41) is 28.5. The smallest absolute Gasteiger partial charge is 0.00264 e. The monoisotopic (exact) mass is 1710 g/mol. The lowest BCUT2D eigenvalue weighted by Crippen LogP contribution is -2.13. The second kappa shape index (κ2) is 34.5. The van der Waals surface area contributed by atoms with Gasteiger partial charge in [-0.15, -0.1) is 0 Å². The van der Waals surface area contributed by atoms with Gasteiger partial charge >= 0.3 is 0 Å². The van der Waals surface area contributed by atoms with E-state index in [1.54, 1.807) is 0 Å². The number of fused-ring (bicyclic) bond motifs is 11. The molecule has 0 aliphatic heterocycles. The minimum Gasteiger partial charge on any atom is -0.0622 e. The van der Waals surface area contributed by atoms with Crippen molar-refractivity contribution in [1.82, 2.24) is 0 Å². The number of hydrogen-bond donors (Lipinski definition) is 0. The number of rotatable bonds is 10. The van der Waals surface area contributed by atoms with Gasteiger partial charge < -0.3 is 0 Å². The van der Waals surface area contributed by atoms with E-state index in [1.165, 1.54) is 246 Å². The molecule has 0 radical (unpaired) electrons. The molecule has 0 atom stereocenters. The quantitative estimate of drug-likeness (QED) is 0.120. The summed E-state index contributed by atoms with van der Waals surface area (Å²) in [4.78, 5) is 0. The Labute approximate surface area is 786 Å². The maximum Gasteiger partial charge on any atom is -0.00264 e. The first kappa shape index (κ1) is 83.7. The molecule has 0 saturated heterocycles. The Kier molecular flexibility index (Phi) is 21.5. The Bertz CT molecular complexity index is 8640. The predicted molar refractivity (Wildman–Crippen MR) is 582 cm³/mol. The zero-order valence-corrected chi connectivity index (χ0v) is 77.5. The van der Waals surface area contributed by atoms with E-state index in [4.69, 9.17) is 0 Å². The van der Waals surface area contributed by atoms with Crippen LogP contribution in [0.2, 0.25) is 0 Å². The van der Waals surface area contributed by atoms with Crippen molar-refractivity contribution in [1.29, 1.82) is 0 Å². The van der Waals surface area contributed by atoms with Gasteiger partial charge in [-0.2, -0.15) is 0 Å². The highest BCUT2D eigenvalue weighted by Gasteiger charge is 2.29. The second-order valence-electron chi connectivity index (χ2n) is 39.4. The van der Waals surface area contributed by atoms with Crippen molar-refractivity contribution >= 4 is 118 Å². The lowest BCUT2D eigenvalue weighted by atomic mass is 9.77. The molecule has 134 heavy (non-hydrogen) atoms. The second-order valence-corrected chi connectivity index (χ2v) is 39.4. The minimum absolute atomic E-state index is 0.0294. The first-order valence-corrected chi connectivity index (χ1v) is 47.2. The minimum atomic E-state index is -0.0561. The van der Waals surface area contributed by atoms with E-state index in [0.29, 0.717) is 0 Å². The van der Waals surface area contributed by atoms with Gasteiger partial charge in [0.25, 0.3) is 0 Å². The molecule has 640 valence electrons. The van der Waals surface area contributed by atoms with Gasteiger partial charge in [0, 0.05) is 0 Å². The van der Waals surface area contributed by atoms with E-state index in [9.17, 15) is 0 Å². The summed E-state index contributed by atoms with van der Waals surface area (Å²) >= 11 is 0. The van der Waals surface area contributed by atoms with Crippen LogP contribution in [0.5, 0.6) is 0 Å². The lowest BCUT2D eigenvalue weighted by Gasteiger charge is -2.27. The van der Waals surface area contributed by atoms with Gasteiger partial charge in [-0.3, -0.25) is 0 Å². The first-order chi connectivity index (χ1) is 65.3. The molecule has 0 nitrogen and oxygen atoms in total. The third kappa shape index (κ3) is 15.9. The fourth-order valence-electron chi connectivity index (χ4n) is 21.4. The zero-order chi connectivity index (χ0) is 90.9. The Balaban J connectivity index is 0.000000117. The normalized spacial score (nSPS) is 11.9. The zero-order valence-electron chi connectivity index (χ0n) is 77.5. The molecule has 0 aromatic heterocycles. The maximum absolute atomic E-state index is 2.45. The molecule has 0 aliphatic carbocycles. The molecule has 24 aromatic rings. The Morgan fingerprint density at radius 3 is 0.701 bits per heavy atom. The molecule has 0 fully saturated rings. The van der Waals surface area contributed by atoms with Crippen LogP contribution >= 0.6 is 0 Å². The Hall–Kier alpha value is -15.9. The summed E-state index contributed by atoms with van der Waals surface area (Å²) in [6, 6.07) is 172. The molecule has 0 saturated carbocycles. The van der Waals surface area contributed by atoms with Crippen LogP contribution in [0, 0.1) is 0 Å². The van der Waals surface area contributed by atoms with Crippen LogP contribution in [0.4, 0.5) is 0 Å². The Morgan fingerprint density at radius 2 is 0.328 bits per heavy atom. The summed E-state index contributed by atoms with van der Waals surface area (Å²) in [6.07, 6.45) is 0. The molecule has 0 heteroatoms. The van der Waals surface area contributed by atoms with Gasteiger partial charge in [0.2, 0.25) is 0 Å². The van der Waals surface area contributed by atoms with Crippen LogP contribution in [-0.4, -0.2) is 0 Å². The summed E-state index contributed by atoms with van der Waals surface area (Å²) in [5.41, 5.74) is 29.1. The van der Waals surface area contributed by atoms with E-state index in [-0.39, 0.29) is 16.2 Å². The number of benzene rings is 24. The van der Waals surface area contributed by atoms with Crippen molar-refractivity contribution in [2.75, 3.05) is 0 Å². The van der Waals surface area contributed by atoms with Gasteiger partial charge in [-0.1, -0.05) is 463 Å². The molecule has 0 N–H and O–H groups in total. The molecule has 0 unspecified atom stereocenters. The summed E-state index contributed by atoms with van der Waals surface area (Å²) in [5.74, 6) is 0. The first-order valence-electron chi connectivity index (χ1n) is 47.2. The molecule has 24 rings (SSSR count). The molecule has 0 bridgehead atoms. The van der Waals surface area contributed by atoms with E-state index in [0.717, 1.165) is 0 Å². The van der Waals surface area contributed by atoms with Crippen molar-refractivity contribution in [2.24, 2.45) is 0 Å². The standard InChI is InChI=1S/C46H36.2C44H34/c1-46(2,3)45-42-21-13-12-20-40(42)44(36-23-22-33-18-10-11-19-34(33)26-36)41-25-24-35(30-43(41)45)39-28-37(31-14-6-4-7-15-31)27-38(29-39)32-16-8-5-9-17-32;1-44(2,3)43-40-15-9-8-14-38(40)42(37-23-21-30-11-5-7-13-34(30)27-37)39-25-24-36(28-41(39)43)32-18-16-31(17-19-32)35-22-20-29-10-4-6-12-33(29)26-35;1-44(2,3)43-40-20-9-8-19-38(40)42(35-23-22-29-12-4-5-14-31(29)27-35)39-25-24-33(28-41(39)43)32-16-10-17-34(26-32)37-21-11-15-30-13-6-7-18-36(30)37/h4-30H,1-3H3;2*4-28H,1-3H3. The van der Waals surface area contributed by atoms with Crippen LogP contribution < -0.4 is 0 Å². The van der Waals surface area contributed by atoms with Crippen LogP contribution in [0.1, 0.15) is 79.0 Å². The molecular weight excluding hydrogens is 1610 g/mol. The van der Waals surface area contributed by atoms with Crippen molar-refractivity contribution in [2.45, 2.75) is 78.6 Å². The topological polar surface area (TPSA) is 0 Å². The van der Waals surface area contributed by atoms with Gasteiger partial charge in [0.05, 0.1) is 0 Å². The molecular formula is C134H104. The molecule has 0 amide bonds. The largest absolute Gasteiger partial charge is 0.0622 e. The fourth-order valence-corrected chi connectivity index (χ4v) is 21.4. The van der Waals surface area contributed by atoms with Crippen LogP contribution in [0.15, 0.2) is 467 Å². The van der Waals surface area contributed by atoms with E-state index in [2.05, 4.69) is 529 Å². The van der Waals surface area contributed by atoms with Crippen molar-refractivity contribution in [3.63, 3.8) is 0 Å². The molecule has 0 spiro atoms. The highest BCUT2D eigenvalue weighted by Crippen LogP contribution is 2.51. The third-order valence-electron chi connectivity index (χ3n) is 27.5. The van der Waals surface area contributed by atoms with Crippen molar-refractivity contribution in [3.8, 4) is 111 Å². The lowest BCUT2D eigenvalue weighted by molar-refractivity contribution is 0.601. The Morgan fingerprint density at radius 1 is 0.112 bits per heavy atom. The van der Waals surface area contributed by atoms with Gasteiger partial charge in [0.15, 0.2) is 0 Å². The van der Waals surface area contributed by atoms with Crippen LogP contribution in [0.3, 0.4) is 0 Å². The van der Waals surface area contributed by atoms with Crippen LogP contribution in [-0.2, 0) is 16.2 Å². The van der Waals surface area contributed by atoms with Gasteiger partial charge in [-0.05, 0) is 329 Å². The predicted octanol–water partition coefficient (Wildman–Crippen LogP) is 38.3. The van der Waals surface area contributed by atoms with Crippen molar-refractivity contribution in [3.05, 3.63) is 484 Å². The summed E-state index contributed by atoms with van der Waals surface area (Å²) in [7, 11) is 0. The molecule has 24 aromatic carbocycles. The average molecular weight is 1710 g/mol. The van der Waals surface area contributed by atoms with E-state index < -0.39 is 0 Å². The van der Waals surface area contributed by atoms with E-state index >= 15 is 0 Å². The third-order valence-corrected chi connectivity index (χ3v) is 27.5. The van der Waals surface area contributed by atoms with Gasteiger partial charge in [-0.25, -0.2) is 0 Å². The fraction of sp³-hybridized carbons (Fsp3) is 0.0896. The molecule has 0 heterocycles. The van der Waals surface area contributed by atoms with Crippen LogP contribution in [0.25, 0.3) is 230 Å². The highest BCUT2D eigenvalue weighted by atomic mass is 14.3. The van der Waals surface area contributed by atoms with Gasteiger partial charge in [0.1, 0.15) is 0 Å². The average Bonchev–Trinajstić information content (AvgIpc) is 0.721. The summed E-state index contributed by atoms with van der Waals surface area (Å²) < 4.78 is 0. The summed E-state index contributed by atoms with van der Waals surface area (Å²) in [6.45, 7) is 21.1.